The second-order valence-corrected chi connectivity index (χ2v) is 6.18. The molecule has 1 atom stereocenters. The van der Waals surface area contributed by atoms with Crippen molar-refractivity contribution in [3.8, 4) is 0 Å². The molecule has 1 nitrogen and oxygen atoms in total. The molecule has 0 spiro atoms. The minimum atomic E-state index is -5.62. The monoisotopic (exact) mass is 392 g/mol. The summed E-state index contributed by atoms with van der Waals surface area (Å²) in [5.41, 5.74) is 0. The van der Waals surface area contributed by atoms with Crippen LogP contribution in [0.2, 0.25) is 0 Å². The molecule has 0 saturated heterocycles. The maximum atomic E-state index is 12.2. The van der Waals surface area contributed by atoms with E-state index in [0.717, 1.165) is 0 Å². The molecule has 0 heterocycles. The van der Waals surface area contributed by atoms with Gasteiger partial charge in [-0.1, -0.05) is 31.9 Å². The van der Waals surface area contributed by atoms with Crippen LogP contribution in [0.15, 0.2) is 0 Å². The standard InChI is InChI=1S/C8H8Br2F6O/c1-6(10,3-9)2-4(17)5(7(11,12)13)8(14,15)16/h5H,2-3H2,1H3. The zero-order valence-electron chi connectivity index (χ0n) is 8.42. The molecule has 0 rings (SSSR count). The average Bonchev–Trinajstić information content (AvgIpc) is 1.96. The number of hydrogen-bond acceptors (Lipinski definition) is 1. The van der Waals surface area contributed by atoms with Crippen molar-refractivity contribution in [3.05, 3.63) is 0 Å². The van der Waals surface area contributed by atoms with Crippen molar-refractivity contribution in [2.75, 3.05) is 5.33 Å². The van der Waals surface area contributed by atoms with Gasteiger partial charge in [-0.25, -0.2) is 0 Å². The fourth-order valence-electron chi connectivity index (χ4n) is 1.06. The highest BCUT2D eigenvalue weighted by molar-refractivity contribution is 9.12. The molecule has 0 radical (unpaired) electrons. The lowest BCUT2D eigenvalue weighted by Crippen LogP contribution is -2.44. The first kappa shape index (κ1) is 17.2. The largest absolute Gasteiger partial charge is 0.407 e. The summed E-state index contributed by atoms with van der Waals surface area (Å²) in [4.78, 5) is 11.1. The molecule has 0 fully saturated rings. The van der Waals surface area contributed by atoms with Gasteiger partial charge in [0.1, 0.15) is 0 Å². The Morgan fingerprint density at radius 1 is 1.12 bits per heavy atom. The van der Waals surface area contributed by atoms with Gasteiger partial charge >= 0.3 is 12.4 Å². The minimum Gasteiger partial charge on any atom is -0.299 e. The van der Waals surface area contributed by atoms with Crippen molar-refractivity contribution in [1.82, 2.24) is 0 Å². The zero-order valence-corrected chi connectivity index (χ0v) is 11.6. The van der Waals surface area contributed by atoms with Crippen molar-refractivity contribution in [1.29, 1.82) is 0 Å². The first-order valence-electron chi connectivity index (χ1n) is 4.22. The van der Waals surface area contributed by atoms with E-state index in [1.807, 2.05) is 0 Å². The van der Waals surface area contributed by atoms with E-state index in [4.69, 9.17) is 0 Å². The average molecular weight is 394 g/mol. The van der Waals surface area contributed by atoms with Crippen LogP contribution in [-0.4, -0.2) is 27.8 Å². The summed E-state index contributed by atoms with van der Waals surface area (Å²) in [6.07, 6.45) is -12.1. The maximum Gasteiger partial charge on any atom is 0.407 e. The second kappa shape index (κ2) is 5.46. The number of ketones is 1. The lowest BCUT2D eigenvalue weighted by Gasteiger charge is -2.25. The summed E-state index contributed by atoms with van der Waals surface area (Å²) in [5, 5.41) is 0.0498. The molecule has 0 bridgehead atoms. The topological polar surface area (TPSA) is 17.1 Å². The van der Waals surface area contributed by atoms with E-state index in [1.54, 1.807) is 0 Å². The van der Waals surface area contributed by atoms with Gasteiger partial charge < -0.3 is 0 Å². The van der Waals surface area contributed by atoms with Gasteiger partial charge in [-0.2, -0.15) is 26.3 Å². The summed E-state index contributed by atoms with van der Waals surface area (Å²) in [7, 11) is 0. The third-order valence-electron chi connectivity index (χ3n) is 1.80. The van der Waals surface area contributed by atoms with E-state index in [2.05, 4.69) is 31.9 Å². The van der Waals surface area contributed by atoms with E-state index in [-0.39, 0.29) is 5.33 Å². The first-order chi connectivity index (χ1) is 7.31. The van der Waals surface area contributed by atoms with Gasteiger partial charge in [0.05, 0.1) is 0 Å². The fourth-order valence-corrected chi connectivity index (χ4v) is 1.54. The molecule has 0 saturated carbocycles. The fraction of sp³-hybridized carbons (Fsp3) is 0.875. The molecule has 0 aromatic rings. The molecule has 0 aliphatic heterocycles. The summed E-state index contributed by atoms with van der Waals surface area (Å²) in [5.74, 6) is -5.82. The van der Waals surface area contributed by atoms with Crippen LogP contribution < -0.4 is 0 Å². The van der Waals surface area contributed by atoms with Crippen LogP contribution in [-0.2, 0) is 4.79 Å². The van der Waals surface area contributed by atoms with E-state index in [0.29, 0.717) is 0 Å². The Hall–Kier alpha value is 0.210. The Morgan fingerprint density at radius 2 is 1.47 bits per heavy atom. The lowest BCUT2D eigenvalue weighted by atomic mass is 9.95. The van der Waals surface area contributed by atoms with E-state index < -0.39 is 34.8 Å². The summed E-state index contributed by atoms with van der Waals surface area (Å²) in [6, 6.07) is 0. The Bertz CT molecular complexity index is 269. The second-order valence-electron chi connectivity index (χ2n) is 3.71. The number of carbonyl (C=O) groups is 1. The molecule has 0 amide bonds. The molecule has 9 heteroatoms. The summed E-state index contributed by atoms with van der Waals surface area (Å²) in [6.45, 7) is 1.32. The lowest BCUT2D eigenvalue weighted by molar-refractivity contribution is -0.273. The number of halogens is 8. The molecule has 0 aliphatic carbocycles. The van der Waals surface area contributed by atoms with Crippen molar-refractivity contribution in [2.24, 2.45) is 5.92 Å². The molecule has 0 N–H and O–H groups in total. The van der Waals surface area contributed by atoms with Crippen molar-refractivity contribution in [2.45, 2.75) is 30.0 Å². The Labute approximate surface area is 110 Å². The van der Waals surface area contributed by atoms with Gasteiger partial charge in [0.15, 0.2) is 5.78 Å². The summed E-state index contributed by atoms with van der Waals surface area (Å²) < 4.78 is 71.9. The molecule has 1 unspecified atom stereocenters. The number of carbonyl (C=O) groups excluding carboxylic acids is 1. The zero-order chi connectivity index (χ0) is 14.1. The first-order valence-corrected chi connectivity index (χ1v) is 6.14. The predicted octanol–water partition coefficient (Wildman–Crippen LogP) is 4.23. The van der Waals surface area contributed by atoms with Crippen molar-refractivity contribution < 1.29 is 31.1 Å². The Morgan fingerprint density at radius 3 is 1.71 bits per heavy atom. The predicted molar refractivity (Wildman–Crippen MR) is 56.4 cm³/mol. The van der Waals surface area contributed by atoms with E-state index in [9.17, 15) is 31.1 Å². The molecule has 17 heavy (non-hydrogen) atoms. The minimum absolute atomic E-state index is 0.0498. The molecule has 0 aliphatic rings. The smallest absolute Gasteiger partial charge is 0.299 e. The summed E-state index contributed by atoms with van der Waals surface area (Å²) >= 11 is 5.77. The number of rotatable bonds is 4. The van der Waals surface area contributed by atoms with Gasteiger partial charge in [0.2, 0.25) is 5.92 Å². The molecule has 0 aromatic carbocycles. The highest BCUT2D eigenvalue weighted by atomic mass is 79.9. The van der Waals surface area contributed by atoms with Crippen LogP contribution in [0.25, 0.3) is 0 Å². The molecule has 102 valence electrons. The molecule has 0 aromatic heterocycles. The SMILES string of the molecule is CC(Br)(CBr)CC(=O)C(C(F)(F)F)C(F)(F)F. The van der Waals surface area contributed by atoms with Crippen LogP contribution in [0.3, 0.4) is 0 Å². The quantitative estimate of drug-likeness (QED) is 0.516. The van der Waals surface area contributed by atoms with Gasteiger partial charge in [-0.05, 0) is 6.92 Å². The Balaban J connectivity index is 5.06. The van der Waals surface area contributed by atoms with Crippen molar-refractivity contribution in [3.63, 3.8) is 0 Å². The van der Waals surface area contributed by atoms with Gasteiger partial charge in [-0.3, -0.25) is 4.79 Å². The van der Waals surface area contributed by atoms with Gasteiger partial charge in [-0.15, -0.1) is 0 Å². The number of Topliss-reactive ketones (excluding diaryl/α,β-unsaturated/α-hetero) is 1. The maximum absolute atomic E-state index is 12.2. The number of hydrogen-bond donors (Lipinski definition) is 0. The normalized spacial score (nSPS) is 17.1. The van der Waals surface area contributed by atoms with Crippen LogP contribution in [0, 0.1) is 5.92 Å². The Kier molecular flexibility index (Phi) is 5.53. The number of alkyl halides is 8. The highest BCUT2D eigenvalue weighted by Crippen LogP contribution is 2.42. The molecular formula is C8H8Br2F6O. The highest BCUT2D eigenvalue weighted by Gasteiger charge is 2.60. The third kappa shape index (κ3) is 5.58. The third-order valence-corrected chi connectivity index (χ3v) is 4.35. The van der Waals surface area contributed by atoms with Gasteiger partial charge in [0.25, 0.3) is 0 Å². The van der Waals surface area contributed by atoms with Crippen LogP contribution in [0.5, 0.6) is 0 Å². The van der Waals surface area contributed by atoms with Gasteiger partial charge in [0, 0.05) is 16.1 Å². The molecular weight excluding hydrogens is 386 g/mol. The van der Waals surface area contributed by atoms with E-state index in [1.165, 1.54) is 6.92 Å². The van der Waals surface area contributed by atoms with E-state index >= 15 is 0 Å². The van der Waals surface area contributed by atoms with Crippen LogP contribution >= 0.6 is 31.9 Å². The van der Waals surface area contributed by atoms with Crippen molar-refractivity contribution >= 4 is 37.6 Å². The van der Waals surface area contributed by atoms with Crippen LogP contribution in [0.1, 0.15) is 13.3 Å². The van der Waals surface area contributed by atoms with Crippen LogP contribution in [0.4, 0.5) is 26.3 Å².